The van der Waals surface area contributed by atoms with E-state index in [1.807, 2.05) is 6.07 Å². The monoisotopic (exact) mass is 561 g/mol. The largest absolute Gasteiger partial charge is 0.504 e. The first-order chi connectivity index (χ1) is 19.9. The van der Waals surface area contributed by atoms with Crippen LogP contribution in [0, 0.1) is 0 Å². The van der Waals surface area contributed by atoms with Crippen molar-refractivity contribution >= 4 is 16.9 Å². The minimum atomic E-state index is -0.975. The number of aromatic hydroxyl groups is 3. The molecular weight excluding hydrogens is 534 g/mol. The molecule has 6 rings (SSSR count). The SMILES string of the molecule is COc1cc([C@H](CC(=O)N2CCOCC2)c2c(O)c(O)c(O)c3c(=O)cc(-c4ccccc4)oc23)cc2c1OCO2. The molecule has 2 aliphatic heterocycles. The fourth-order valence-corrected chi connectivity index (χ4v) is 5.30. The zero-order valence-electron chi connectivity index (χ0n) is 22.1. The van der Waals surface area contributed by atoms with Crippen LogP contribution in [0.15, 0.2) is 57.7 Å². The average Bonchev–Trinajstić information content (AvgIpc) is 3.48. The summed E-state index contributed by atoms with van der Waals surface area (Å²) < 4.78 is 28.2. The summed E-state index contributed by atoms with van der Waals surface area (Å²) in [4.78, 5) is 28.6. The third-order valence-electron chi connectivity index (χ3n) is 7.37. The lowest BCUT2D eigenvalue weighted by Crippen LogP contribution is -2.41. The Morgan fingerprint density at radius 1 is 1.00 bits per heavy atom. The van der Waals surface area contributed by atoms with Crippen molar-refractivity contribution in [2.75, 3.05) is 40.2 Å². The fraction of sp³-hybridized carbons (Fsp3) is 0.267. The van der Waals surface area contributed by atoms with Crippen LogP contribution in [0.1, 0.15) is 23.5 Å². The molecule has 0 aliphatic carbocycles. The summed E-state index contributed by atoms with van der Waals surface area (Å²) in [5, 5.41) is 32.5. The number of hydrogen-bond acceptors (Lipinski definition) is 10. The molecule has 1 aromatic heterocycles. The van der Waals surface area contributed by atoms with Gasteiger partial charge in [0.2, 0.25) is 24.2 Å². The summed E-state index contributed by atoms with van der Waals surface area (Å²) >= 11 is 0. The predicted molar refractivity (Wildman–Crippen MR) is 146 cm³/mol. The third-order valence-corrected chi connectivity index (χ3v) is 7.37. The molecule has 212 valence electrons. The lowest BCUT2D eigenvalue weighted by atomic mass is 9.85. The van der Waals surface area contributed by atoms with Crippen LogP contribution in [0.25, 0.3) is 22.3 Å². The molecule has 0 saturated carbocycles. The van der Waals surface area contributed by atoms with Crippen LogP contribution in [0.3, 0.4) is 0 Å². The number of phenols is 3. The van der Waals surface area contributed by atoms with E-state index in [-0.39, 0.29) is 41.4 Å². The molecule has 3 N–H and O–H groups in total. The lowest BCUT2D eigenvalue weighted by molar-refractivity contribution is -0.135. The van der Waals surface area contributed by atoms with Gasteiger partial charge in [-0.1, -0.05) is 30.3 Å². The third kappa shape index (κ3) is 4.63. The molecule has 3 aromatic carbocycles. The van der Waals surface area contributed by atoms with E-state index in [1.54, 1.807) is 41.3 Å². The van der Waals surface area contributed by atoms with Gasteiger partial charge in [0, 0.05) is 42.6 Å². The van der Waals surface area contributed by atoms with E-state index >= 15 is 0 Å². The summed E-state index contributed by atoms with van der Waals surface area (Å²) in [6.07, 6.45) is -0.186. The van der Waals surface area contributed by atoms with Crippen LogP contribution < -0.4 is 19.6 Å². The Morgan fingerprint density at radius 2 is 1.76 bits per heavy atom. The lowest BCUT2D eigenvalue weighted by Gasteiger charge is -2.29. The predicted octanol–water partition coefficient (Wildman–Crippen LogP) is 3.69. The van der Waals surface area contributed by atoms with E-state index in [0.29, 0.717) is 54.7 Å². The Bertz CT molecular complexity index is 1690. The van der Waals surface area contributed by atoms with Gasteiger partial charge in [-0.3, -0.25) is 9.59 Å². The van der Waals surface area contributed by atoms with Gasteiger partial charge in [-0.25, -0.2) is 0 Å². The molecule has 2 aliphatic rings. The second-order valence-corrected chi connectivity index (χ2v) is 9.71. The molecule has 1 atom stereocenters. The molecule has 0 radical (unpaired) electrons. The first kappa shape index (κ1) is 26.3. The molecule has 0 bridgehead atoms. The van der Waals surface area contributed by atoms with Crippen LogP contribution in [0.2, 0.25) is 0 Å². The molecule has 11 nitrogen and oxygen atoms in total. The number of amides is 1. The van der Waals surface area contributed by atoms with Gasteiger partial charge in [0.25, 0.3) is 0 Å². The van der Waals surface area contributed by atoms with Gasteiger partial charge in [-0.15, -0.1) is 0 Å². The van der Waals surface area contributed by atoms with Gasteiger partial charge in [0.1, 0.15) is 16.7 Å². The highest BCUT2D eigenvalue weighted by Gasteiger charge is 2.34. The number of fused-ring (bicyclic) bond motifs is 2. The maximum atomic E-state index is 13.6. The average molecular weight is 562 g/mol. The van der Waals surface area contributed by atoms with Crippen LogP contribution in [0.4, 0.5) is 0 Å². The number of benzene rings is 3. The van der Waals surface area contributed by atoms with Gasteiger partial charge >= 0.3 is 0 Å². The molecule has 0 spiro atoms. The molecular formula is C30H27NO10. The van der Waals surface area contributed by atoms with E-state index in [0.717, 1.165) is 0 Å². The van der Waals surface area contributed by atoms with Crippen molar-refractivity contribution in [2.45, 2.75) is 12.3 Å². The van der Waals surface area contributed by atoms with Crippen LogP contribution >= 0.6 is 0 Å². The standard InChI is InChI=1S/C30H27NO10/c1-37-21-11-17(12-22-29(21)40-15-39-22)18(13-23(33)31-7-9-38-10-8-31)24-26(34)28(36)27(35)25-19(32)14-20(41-30(24)25)16-5-3-2-4-6-16/h2-6,11-12,14,18,34-36H,7-10,13,15H2,1H3/t18-/m0/s1. The summed E-state index contributed by atoms with van der Waals surface area (Å²) in [5.41, 5.74) is 0.186. The maximum absolute atomic E-state index is 13.6. The number of rotatable bonds is 6. The van der Waals surface area contributed by atoms with Crippen molar-refractivity contribution in [1.29, 1.82) is 0 Å². The van der Waals surface area contributed by atoms with Crippen molar-refractivity contribution < 1.29 is 43.5 Å². The second kappa shape index (κ2) is 10.6. The van der Waals surface area contributed by atoms with Gasteiger partial charge in [0.15, 0.2) is 28.4 Å². The van der Waals surface area contributed by atoms with Gasteiger partial charge in [0.05, 0.1) is 20.3 Å². The molecule has 1 fully saturated rings. The Labute approximate surface area is 233 Å². The van der Waals surface area contributed by atoms with E-state index in [9.17, 15) is 24.9 Å². The van der Waals surface area contributed by atoms with Crippen molar-refractivity contribution in [3.8, 4) is 45.8 Å². The smallest absolute Gasteiger partial charge is 0.231 e. The number of nitrogens with zero attached hydrogens (tertiary/aromatic N) is 1. The van der Waals surface area contributed by atoms with Gasteiger partial charge < -0.3 is 43.6 Å². The number of ether oxygens (including phenoxy) is 4. The zero-order chi connectivity index (χ0) is 28.7. The van der Waals surface area contributed by atoms with E-state index in [1.165, 1.54) is 13.2 Å². The molecule has 1 amide bonds. The van der Waals surface area contributed by atoms with Crippen LogP contribution in [-0.4, -0.2) is 66.3 Å². The van der Waals surface area contributed by atoms with Crippen molar-refractivity contribution in [3.63, 3.8) is 0 Å². The highest BCUT2D eigenvalue weighted by Crippen LogP contribution is 2.51. The summed E-state index contributed by atoms with van der Waals surface area (Å²) in [5.74, 6) is -2.42. The molecule has 1 saturated heterocycles. The van der Waals surface area contributed by atoms with Crippen LogP contribution in [-0.2, 0) is 9.53 Å². The highest BCUT2D eigenvalue weighted by atomic mass is 16.7. The molecule has 0 unspecified atom stereocenters. The number of hydrogen-bond donors (Lipinski definition) is 3. The van der Waals surface area contributed by atoms with Crippen molar-refractivity contribution in [2.24, 2.45) is 0 Å². The number of morpholine rings is 1. The maximum Gasteiger partial charge on any atom is 0.231 e. The van der Waals surface area contributed by atoms with Crippen molar-refractivity contribution in [3.05, 3.63) is 69.9 Å². The molecule has 4 aromatic rings. The topological polar surface area (TPSA) is 148 Å². The fourth-order valence-electron chi connectivity index (χ4n) is 5.30. The number of carbonyl (C=O) groups excluding carboxylic acids is 1. The Hall–Kier alpha value is -4.90. The van der Waals surface area contributed by atoms with Crippen LogP contribution in [0.5, 0.6) is 34.5 Å². The number of carbonyl (C=O) groups is 1. The summed E-state index contributed by atoms with van der Waals surface area (Å²) in [7, 11) is 1.46. The summed E-state index contributed by atoms with van der Waals surface area (Å²) in [6.45, 7) is 1.51. The van der Waals surface area contributed by atoms with E-state index in [2.05, 4.69) is 0 Å². The molecule has 41 heavy (non-hydrogen) atoms. The highest BCUT2D eigenvalue weighted by molar-refractivity contribution is 5.94. The molecule has 11 heteroatoms. The Morgan fingerprint density at radius 3 is 2.49 bits per heavy atom. The van der Waals surface area contributed by atoms with Crippen molar-refractivity contribution in [1.82, 2.24) is 4.90 Å². The van der Waals surface area contributed by atoms with Gasteiger partial charge in [-0.2, -0.15) is 0 Å². The minimum absolute atomic E-state index is 0.0317. The second-order valence-electron chi connectivity index (χ2n) is 9.71. The van der Waals surface area contributed by atoms with E-state index < -0.39 is 28.6 Å². The normalized spacial score (nSPS) is 15.2. The Kier molecular flexibility index (Phi) is 6.80. The molecule has 3 heterocycles. The minimum Gasteiger partial charge on any atom is -0.504 e. The Balaban J connectivity index is 1.61. The quantitative estimate of drug-likeness (QED) is 0.298. The first-order valence-corrected chi connectivity index (χ1v) is 13.0. The first-order valence-electron chi connectivity index (χ1n) is 13.0. The zero-order valence-corrected chi connectivity index (χ0v) is 22.1. The summed E-state index contributed by atoms with van der Waals surface area (Å²) in [6, 6.07) is 13.3. The number of phenolic OH excluding ortho intramolecular Hbond substituents is 3. The van der Waals surface area contributed by atoms with Gasteiger partial charge in [-0.05, 0) is 17.7 Å². The number of methoxy groups -OCH3 is 1. The van der Waals surface area contributed by atoms with E-state index in [4.69, 9.17) is 23.4 Å².